The van der Waals surface area contributed by atoms with Crippen LogP contribution in [0.1, 0.15) is 46.6 Å². The summed E-state index contributed by atoms with van der Waals surface area (Å²) in [7, 11) is 0. The van der Waals surface area contributed by atoms with E-state index in [4.69, 9.17) is 14.9 Å². The number of nitrogens with two attached hydrogens (primary N) is 1. The third kappa shape index (κ3) is 4.20. The van der Waals surface area contributed by atoms with Gasteiger partial charge in [-0.05, 0) is 62.3 Å². The number of hydrogen-bond donors (Lipinski definition) is 2. The lowest BCUT2D eigenvalue weighted by atomic mass is 9.88. The van der Waals surface area contributed by atoms with Gasteiger partial charge in [0, 0.05) is 22.4 Å². The van der Waals surface area contributed by atoms with E-state index in [2.05, 4.69) is 12.2 Å². The summed E-state index contributed by atoms with van der Waals surface area (Å²) in [5, 5.41) is 4.10. The van der Waals surface area contributed by atoms with Gasteiger partial charge in [-0.15, -0.1) is 11.3 Å². The van der Waals surface area contributed by atoms with Gasteiger partial charge < -0.3 is 20.2 Å². The van der Waals surface area contributed by atoms with Gasteiger partial charge in [-0.25, -0.2) is 4.79 Å². The largest absolute Gasteiger partial charge is 0.481 e. The first-order valence-corrected chi connectivity index (χ1v) is 11.0. The number of rotatable bonds is 5. The van der Waals surface area contributed by atoms with Crippen LogP contribution in [-0.2, 0) is 17.6 Å². The average Bonchev–Trinajstić information content (AvgIpc) is 3.04. The molecule has 8 heteroatoms. The van der Waals surface area contributed by atoms with E-state index < -0.39 is 17.6 Å². The van der Waals surface area contributed by atoms with Crippen LogP contribution in [0.2, 0.25) is 0 Å². The molecule has 31 heavy (non-hydrogen) atoms. The number of carbonyl (C=O) groups is 2. The Hall–Kier alpha value is -3.13. The molecule has 0 aliphatic heterocycles. The summed E-state index contributed by atoms with van der Waals surface area (Å²) in [5.74, 6) is 0.0170. The van der Waals surface area contributed by atoms with Crippen molar-refractivity contribution in [3.05, 3.63) is 56.3 Å². The van der Waals surface area contributed by atoms with E-state index in [0.29, 0.717) is 27.8 Å². The Bertz CT molecular complexity index is 1240. The maximum Gasteiger partial charge on any atom is 0.336 e. The third-order valence-electron chi connectivity index (χ3n) is 5.60. The van der Waals surface area contributed by atoms with Gasteiger partial charge in [0.1, 0.15) is 16.3 Å². The molecule has 3 N–H and O–H groups in total. The highest BCUT2D eigenvalue weighted by Gasteiger charge is 2.28. The highest BCUT2D eigenvalue weighted by atomic mass is 32.1. The molecule has 0 spiro atoms. The monoisotopic (exact) mass is 440 g/mol. The van der Waals surface area contributed by atoms with E-state index in [1.54, 1.807) is 25.1 Å². The summed E-state index contributed by atoms with van der Waals surface area (Å²) >= 11 is 1.41. The van der Waals surface area contributed by atoms with Crippen LogP contribution in [0.25, 0.3) is 11.0 Å². The van der Waals surface area contributed by atoms with E-state index in [1.807, 2.05) is 6.92 Å². The summed E-state index contributed by atoms with van der Waals surface area (Å²) in [4.78, 5) is 37.6. The lowest BCUT2D eigenvalue weighted by Crippen LogP contribution is -2.30. The fourth-order valence-corrected chi connectivity index (χ4v) is 5.37. The number of aryl methyl sites for hydroxylation is 1. The third-order valence-corrected chi connectivity index (χ3v) is 6.77. The molecule has 1 aliphatic rings. The minimum Gasteiger partial charge on any atom is -0.481 e. The van der Waals surface area contributed by atoms with Crippen LogP contribution in [-0.4, -0.2) is 17.9 Å². The normalized spacial score (nSPS) is 16.5. The van der Waals surface area contributed by atoms with Crippen molar-refractivity contribution in [1.82, 2.24) is 0 Å². The van der Waals surface area contributed by atoms with Crippen LogP contribution >= 0.6 is 11.3 Å². The maximum atomic E-state index is 12.8. The number of nitrogens with one attached hydrogen (secondary N) is 1. The first-order chi connectivity index (χ1) is 14.7. The molecule has 2 unspecified atom stereocenters. The molecule has 2 atom stereocenters. The van der Waals surface area contributed by atoms with Gasteiger partial charge in [0.15, 0.2) is 6.10 Å². The van der Waals surface area contributed by atoms with Gasteiger partial charge in [-0.3, -0.25) is 9.59 Å². The SMILES string of the molecule is Cc1cc(=O)oc2cc(OC(C)C(=O)Nc3sc4c(c3C(N)=O)CCC(C)C4)ccc12. The number of ether oxygens (including phenoxy) is 1. The molecular formula is C23H24N2O5S. The van der Waals surface area contributed by atoms with E-state index in [1.165, 1.54) is 17.4 Å². The molecule has 4 rings (SSSR count). The van der Waals surface area contributed by atoms with Gasteiger partial charge >= 0.3 is 5.63 Å². The lowest BCUT2D eigenvalue weighted by molar-refractivity contribution is -0.122. The van der Waals surface area contributed by atoms with Crippen LogP contribution in [0.5, 0.6) is 5.75 Å². The molecule has 0 radical (unpaired) electrons. The number of fused-ring (bicyclic) bond motifs is 2. The van der Waals surface area contributed by atoms with Crippen molar-refractivity contribution in [3.63, 3.8) is 0 Å². The fourth-order valence-electron chi connectivity index (χ4n) is 3.95. The van der Waals surface area contributed by atoms with Crippen molar-refractivity contribution in [2.75, 3.05) is 5.32 Å². The fraction of sp³-hybridized carbons (Fsp3) is 0.348. The highest BCUT2D eigenvalue weighted by Crippen LogP contribution is 2.39. The topological polar surface area (TPSA) is 112 Å². The van der Waals surface area contributed by atoms with Crippen molar-refractivity contribution in [2.24, 2.45) is 11.7 Å². The highest BCUT2D eigenvalue weighted by molar-refractivity contribution is 7.17. The van der Waals surface area contributed by atoms with Gasteiger partial charge in [-0.2, -0.15) is 0 Å². The smallest absolute Gasteiger partial charge is 0.336 e. The Kier molecular flexibility index (Phi) is 5.58. The zero-order valence-corrected chi connectivity index (χ0v) is 18.4. The molecule has 0 saturated carbocycles. The molecule has 162 valence electrons. The molecular weight excluding hydrogens is 416 g/mol. The molecule has 1 aliphatic carbocycles. The molecule has 0 saturated heterocycles. The van der Waals surface area contributed by atoms with Crippen molar-refractivity contribution in [1.29, 1.82) is 0 Å². The summed E-state index contributed by atoms with van der Waals surface area (Å²) in [5.41, 5.74) is 7.75. The Morgan fingerprint density at radius 1 is 1.32 bits per heavy atom. The summed E-state index contributed by atoms with van der Waals surface area (Å²) in [6.07, 6.45) is 1.82. The number of benzene rings is 1. The van der Waals surface area contributed by atoms with Crippen molar-refractivity contribution in [3.8, 4) is 5.75 Å². The predicted molar refractivity (Wildman–Crippen MR) is 120 cm³/mol. The second-order valence-corrected chi connectivity index (χ2v) is 9.18. The van der Waals surface area contributed by atoms with Gasteiger partial charge in [-0.1, -0.05) is 6.92 Å². The molecule has 2 amide bonds. The van der Waals surface area contributed by atoms with Crippen LogP contribution in [0.3, 0.4) is 0 Å². The number of primary amides is 1. The zero-order chi connectivity index (χ0) is 22.3. The van der Waals surface area contributed by atoms with Gasteiger partial charge in [0.2, 0.25) is 0 Å². The number of amides is 2. The summed E-state index contributed by atoms with van der Waals surface area (Å²) in [6, 6.07) is 6.52. The number of anilines is 1. The van der Waals surface area contributed by atoms with Crippen molar-refractivity contribution >= 4 is 39.1 Å². The van der Waals surface area contributed by atoms with Crippen LogP contribution in [0.15, 0.2) is 33.5 Å². The molecule has 7 nitrogen and oxygen atoms in total. The van der Waals surface area contributed by atoms with Gasteiger partial charge in [0.05, 0.1) is 5.56 Å². The van der Waals surface area contributed by atoms with E-state index in [-0.39, 0.29) is 5.91 Å². The van der Waals surface area contributed by atoms with E-state index in [9.17, 15) is 14.4 Å². The Morgan fingerprint density at radius 3 is 2.84 bits per heavy atom. The first kappa shape index (κ1) is 21.1. The average molecular weight is 441 g/mol. The zero-order valence-electron chi connectivity index (χ0n) is 17.6. The van der Waals surface area contributed by atoms with Gasteiger partial charge in [0.25, 0.3) is 11.8 Å². The number of carbonyl (C=O) groups excluding carboxylic acids is 2. The van der Waals surface area contributed by atoms with Crippen LogP contribution < -0.4 is 21.4 Å². The minimum absolute atomic E-state index is 0.389. The van der Waals surface area contributed by atoms with E-state index in [0.717, 1.165) is 40.7 Å². The minimum atomic E-state index is -0.840. The maximum absolute atomic E-state index is 12.8. The molecule has 0 fully saturated rings. The standard InChI is InChI=1S/C23H24N2O5S/c1-11-4-6-16-18(8-11)31-23(20(16)21(24)27)25-22(28)13(3)29-14-5-7-15-12(2)9-19(26)30-17(15)10-14/h5,7,9-11,13H,4,6,8H2,1-3H3,(H2,24,27)(H,25,28). The second-order valence-electron chi connectivity index (χ2n) is 8.08. The first-order valence-electron chi connectivity index (χ1n) is 10.2. The molecule has 2 heterocycles. The van der Waals surface area contributed by atoms with Crippen molar-refractivity contribution in [2.45, 2.75) is 46.1 Å². The quantitative estimate of drug-likeness (QED) is 0.586. The van der Waals surface area contributed by atoms with E-state index >= 15 is 0 Å². The number of hydrogen-bond acceptors (Lipinski definition) is 6. The second kappa shape index (κ2) is 8.19. The Balaban J connectivity index is 1.54. The number of thiophene rings is 1. The molecule has 2 aromatic heterocycles. The summed E-state index contributed by atoms with van der Waals surface area (Å²) in [6.45, 7) is 5.62. The predicted octanol–water partition coefficient (Wildman–Crippen LogP) is 3.79. The molecule has 0 bridgehead atoms. The molecule has 1 aromatic carbocycles. The van der Waals surface area contributed by atoms with Crippen LogP contribution in [0.4, 0.5) is 5.00 Å². The molecule has 3 aromatic rings. The Morgan fingerprint density at radius 2 is 2.10 bits per heavy atom. The Labute approximate surface area is 183 Å². The van der Waals surface area contributed by atoms with Crippen molar-refractivity contribution < 1.29 is 18.7 Å². The lowest BCUT2D eigenvalue weighted by Gasteiger charge is -2.18. The van der Waals surface area contributed by atoms with Crippen LogP contribution in [0, 0.1) is 12.8 Å². The summed E-state index contributed by atoms with van der Waals surface area (Å²) < 4.78 is 11.0.